The average Bonchev–Trinajstić information content (AvgIpc) is 4.06. The van der Waals surface area contributed by atoms with Crippen LogP contribution < -0.4 is 0 Å². The van der Waals surface area contributed by atoms with E-state index in [1.807, 2.05) is 20.8 Å². The first-order valence-corrected chi connectivity index (χ1v) is 28.9. The Morgan fingerprint density at radius 1 is 0.600 bits per heavy atom. The van der Waals surface area contributed by atoms with Crippen molar-refractivity contribution in [3.05, 3.63) is 23.3 Å². The second-order valence-electron chi connectivity index (χ2n) is 25.0. The third-order valence-electron chi connectivity index (χ3n) is 18.6. The molecule has 0 aromatic rings. The smallest absolute Gasteiger partial charge is 0.330 e. The molecule has 75 heavy (non-hydrogen) atoms. The van der Waals surface area contributed by atoms with E-state index in [0.717, 1.165) is 83.2 Å². The van der Waals surface area contributed by atoms with Gasteiger partial charge in [-0.3, -0.25) is 9.59 Å². The van der Waals surface area contributed by atoms with Crippen molar-refractivity contribution in [1.82, 2.24) is 0 Å². The van der Waals surface area contributed by atoms with Crippen LogP contribution in [0.3, 0.4) is 0 Å². The minimum absolute atomic E-state index is 0.0188. The number of esters is 3. The van der Waals surface area contributed by atoms with Gasteiger partial charge in [-0.25, -0.2) is 4.79 Å². The normalized spacial score (nSPS) is 42.0. The lowest BCUT2D eigenvalue weighted by molar-refractivity contribution is -0.149. The second-order valence-corrected chi connectivity index (χ2v) is 25.0. The monoisotopic (exact) mass is 1060 g/mol. The van der Waals surface area contributed by atoms with E-state index in [2.05, 4.69) is 68.4 Å². The predicted octanol–water partition coefficient (Wildman–Crippen LogP) is 9.87. The molecule has 0 amide bonds. The molecular formula is C60H98O15. The average molecular weight is 1060 g/mol. The summed E-state index contributed by atoms with van der Waals surface area (Å²) in [6, 6.07) is 0. The number of hydrogen-bond acceptors (Lipinski definition) is 15. The van der Waals surface area contributed by atoms with Crippen molar-refractivity contribution in [2.75, 3.05) is 61.0 Å². The van der Waals surface area contributed by atoms with Crippen LogP contribution in [0.1, 0.15) is 167 Å². The highest BCUT2D eigenvalue weighted by molar-refractivity contribution is 5.83. The van der Waals surface area contributed by atoms with Gasteiger partial charge in [0.25, 0.3) is 0 Å². The van der Waals surface area contributed by atoms with Gasteiger partial charge in [0.05, 0.1) is 106 Å². The topological polar surface area (TPSA) is 182 Å². The summed E-state index contributed by atoms with van der Waals surface area (Å²) < 4.78 is 69.6. The largest absolute Gasteiger partial charge is 0.466 e. The van der Waals surface area contributed by atoms with Gasteiger partial charge in [0.15, 0.2) is 0 Å². The van der Waals surface area contributed by atoms with Crippen molar-refractivity contribution >= 4 is 17.9 Å². The van der Waals surface area contributed by atoms with E-state index in [1.54, 1.807) is 27.4 Å². The predicted molar refractivity (Wildman–Crippen MR) is 283 cm³/mol. The summed E-state index contributed by atoms with van der Waals surface area (Å²) in [5, 5.41) is 0. The fourth-order valence-corrected chi connectivity index (χ4v) is 14.2. The molecule has 0 aromatic carbocycles. The molecule has 3 spiro atoms. The number of hydrogen-bond donors (Lipinski definition) is 0. The highest BCUT2D eigenvalue weighted by atomic mass is 16.6. The van der Waals surface area contributed by atoms with Crippen molar-refractivity contribution in [3.8, 4) is 0 Å². The van der Waals surface area contributed by atoms with Gasteiger partial charge in [0.2, 0.25) is 0 Å². The molecule has 6 heterocycles. The van der Waals surface area contributed by atoms with Crippen molar-refractivity contribution in [1.29, 1.82) is 0 Å². The third kappa shape index (κ3) is 13.6. The van der Waals surface area contributed by atoms with Crippen LogP contribution in [0, 0.1) is 41.4 Å². The molecule has 3 saturated carbocycles. The lowest BCUT2D eigenvalue weighted by atomic mass is 9.64. The molecule has 9 aliphatic rings. The molecule has 3 aliphatic carbocycles. The molecule has 15 heteroatoms. The van der Waals surface area contributed by atoms with Crippen LogP contribution in [0.2, 0.25) is 0 Å². The number of allylic oxidation sites excluding steroid dienone is 1. The molecule has 0 radical (unpaired) electrons. The number of carbonyl (C=O) groups is 3. The summed E-state index contributed by atoms with van der Waals surface area (Å²) in [7, 11) is 5.22. The van der Waals surface area contributed by atoms with Crippen LogP contribution in [0.25, 0.3) is 0 Å². The van der Waals surface area contributed by atoms with Crippen molar-refractivity contribution in [2.24, 2.45) is 41.4 Å². The fourth-order valence-electron chi connectivity index (χ4n) is 14.2. The number of rotatable bonds is 22. The molecule has 0 aromatic heterocycles. The van der Waals surface area contributed by atoms with E-state index in [1.165, 1.54) is 18.4 Å². The first-order chi connectivity index (χ1) is 35.6. The van der Waals surface area contributed by atoms with Gasteiger partial charge in [-0.05, 0) is 155 Å². The van der Waals surface area contributed by atoms with Gasteiger partial charge in [-0.1, -0.05) is 39.3 Å². The Morgan fingerprint density at radius 2 is 1.01 bits per heavy atom. The van der Waals surface area contributed by atoms with Crippen LogP contribution in [0.5, 0.6) is 0 Å². The zero-order valence-electron chi connectivity index (χ0n) is 48.7. The summed E-state index contributed by atoms with van der Waals surface area (Å²) in [4.78, 5) is 36.0. The van der Waals surface area contributed by atoms with Crippen LogP contribution in [0.15, 0.2) is 23.3 Å². The van der Waals surface area contributed by atoms with Gasteiger partial charge >= 0.3 is 17.9 Å². The third-order valence-corrected chi connectivity index (χ3v) is 18.6. The Balaban J connectivity index is 0.000000164. The summed E-state index contributed by atoms with van der Waals surface area (Å²) in [6.45, 7) is 28.9. The molecule has 15 nitrogen and oxygen atoms in total. The molecule has 0 N–H and O–H groups in total. The van der Waals surface area contributed by atoms with Gasteiger partial charge in [-0.2, -0.15) is 0 Å². The standard InChI is InChI=1S/2C20H34O5.C20H30O5/c3*1-6-23-16(21)11-14-9-10-20(12-24-20)18(17(14)22-5)19(4)15(25-19)8-7-13(2)3/h2*13-15,17-18H,6-12H2,1-5H3;7,11,15,17-18H,6,8-10,12H2,1-5H3/t2*14?,15-,17-,18-,19+,20+;15-,17-,18-,19+,20+/m111/s1. The first-order valence-electron chi connectivity index (χ1n) is 28.9. The molecule has 2 unspecified atom stereocenters. The molecule has 6 saturated heterocycles. The molecule has 6 aliphatic heterocycles. The number of ether oxygens (including phenoxy) is 12. The fraction of sp³-hybridized carbons (Fsp3) is 0.883. The highest BCUT2D eigenvalue weighted by Crippen LogP contribution is 2.63. The van der Waals surface area contributed by atoms with E-state index < -0.39 is 0 Å². The van der Waals surface area contributed by atoms with Crippen LogP contribution in [-0.2, 0) is 71.2 Å². The summed E-state index contributed by atoms with van der Waals surface area (Å²) in [5.41, 5.74) is 1.24. The van der Waals surface area contributed by atoms with Gasteiger partial charge in [-0.15, -0.1) is 0 Å². The minimum Gasteiger partial charge on any atom is -0.466 e. The van der Waals surface area contributed by atoms with E-state index in [0.29, 0.717) is 44.5 Å². The molecule has 17 atom stereocenters. The summed E-state index contributed by atoms with van der Waals surface area (Å²) in [6.07, 6.45) is 16.1. The molecule has 9 fully saturated rings. The molecule has 0 bridgehead atoms. The zero-order chi connectivity index (χ0) is 54.7. The Bertz CT molecular complexity index is 1910. The van der Waals surface area contributed by atoms with Crippen molar-refractivity contribution in [3.63, 3.8) is 0 Å². The maximum Gasteiger partial charge on any atom is 0.330 e. The quantitative estimate of drug-likeness (QED) is 0.0328. The maximum absolute atomic E-state index is 12.0. The van der Waals surface area contributed by atoms with Gasteiger partial charge in [0.1, 0.15) is 22.4 Å². The van der Waals surface area contributed by atoms with E-state index in [9.17, 15) is 14.4 Å². The van der Waals surface area contributed by atoms with Crippen LogP contribution in [0.4, 0.5) is 0 Å². The van der Waals surface area contributed by atoms with E-state index in [4.69, 9.17) is 56.8 Å². The van der Waals surface area contributed by atoms with Gasteiger partial charge in [0, 0.05) is 39.2 Å². The van der Waals surface area contributed by atoms with Crippen LogP contribution >= 0.6 is 0 Å². The minimum atomic E-state index is -0.297. The Morgan fingerprint density at radius 3 is 1.39 bits per heavy atom. The zero-order valence-corrected chi connectivity index (χ0v) is 48.7. The molecule has 9 rings (SSSR count). The maximum atomic E-state index is 12.0. The Hall–Kier alpha value is -2.47. The lowest BCUT2D eigenvalue weighted by Gasteiger charge is -2.43. The molecule has 428 valence electrons. The molecular weight excluding hydrogens is 961 g/mol. The lowest BCUT2D eigenvalue weighted by Crippen LogP contribution is -2.53. The number of methoxy groups -OCH3 is 3. The summed E-state index contributed by atoms with van der Waals surface area (Å²) >= 11 is 0. The van der Waals surface area contributed by atoms with E-state index in [-0.39, 0.29) is 118 Å². The second kappa shape index (κ2) is 24.5. The first kappa shape index (κ1) is 60.2. The highest BCUT2D eigenvalue weighted by Gasteiger charge is 2.74. The van der Waals surface area contributed by atoms with Crippen LogP contribution in [-0.4, -0.2) is 149 Å². The SMILES string of the molecule is CCOC(=O)C=C1CC[C@]2(CO2)[C@@H]([C@@]2(C)O[C@@H]2CC=C(C)C)[C@@H]1OC.CCOC(=O)CC1CC[C@]2(CO2)[C@@H]([C@@]2(C)O[C@@H]2CCC(C)C)[C@@H]1OC.CCOC(=O)CC1CC[C@]2(CO2)[C@@H]([C@@]2(C)O[C@@H]2CCC(C)C)[C@@H]1OC. The Labute approximate surface area is 450 Å². The number of carbonyl (C=O) groups excluding carboxylic acids is 3. The van der Waals surface area contributed by atoms with E-state index >= 15 is 0 Å². The van der Waals surface area contributed by atoms with Gasteiger partial charge < -0.3 is 56.8 Å². The number of epoxide rings is 6. The van der Waals surface area contributed by atoms with Crippen molar-refractivity contribution < 1.29 is 71.2 Å². The summed E-state index contributed by atoms with van der Waals surface area (Å²) in [5.74, 6) is 1.64. The Kier molecular flexibility index (Phi) is 19.7. The van der Waals surface area contributed by atoms with Crippen molar-refractivity contribution in [2.45, 2.75) is 237 Å².